The molecule has 2 aliphatic rings. The number of amides is 4. The Morgan fingerprint density at radius 1 is 0.800 bits per heavy atom. The molecule has 30 heavy (non-hydrogen) atoms. The Bertz CT molecular complexity index is 1140. The van der Waals surface area contributed by atoms with Gasteiger partial charge < -0.3 is 0 Å². The van der Waals surface area contributed by atoms with Crippen LogP contribution in [0.4, 0.5) is 18.9 Å². The van der Waals surface area contributed by atoms with Gasteiger partial charge in [0.15, 0.2) is 0 Å². The third-order valence-corrected chi connectivity index (χ3v) is 5.54. The van der Waals surface area contributed by atoms with Crippen molar-refractivity contribution < 1.29 is 32.3 Å². The highest BCUT2D eigenvalue weighted by molar-refractivity contribution is 6.59. The number of benzene rings is 2. The van der Waals surface area contributed by atoms with Crippen LogP contribution in [0.15, 0.2) is 36.4 Å². The smallest absolute Gasteiger partial charge is 0.282 e. The number of likely N-dealkylation sites (tertiary alicyclic amines) is 1. The Morgan fingerprint density at radius 3 is 1.90 bits per heavy atom. The van der Waals surface area contributed by atoms with Crippen molar-refractivity contribution in [1.29, 1.82) is 0 Å². The molecule has 2 fully saturated rings. The first-order valence-electron chi connectivity index (χ1n) is 8.92. The van der Waals surface area contributed by atoms with E-state index in [-0.39, 0.29) is 16.8 Å². The van der Waals surface area contributed by atoms with Gasteiger partial charge in [-0.15, -0.1) is 0 Å². The van der Waals surface area contributed by atoms with Gasteiger partial charge in [0, 0.05) is 7.05 Å². The second-order valence-corrected chi connectivity index (χ2v) is 7.41. The zero-order chi connectivity index (χ0) is 22.2. The highest BCUT2D eigenvalue weighted by Gasteiger charge is 2.79. The summed E-state index contributed by atoms with van der Waals surface area (Å²) >= 11 is 0. The SMILES string of the molecule is Cc1ccc(-c2ccc(N3C(=O)C4(C(=O)N(C)C4=O)C3=O)cc2C)c(C(F)(F)F)c1. The summed E-state index contributed by atoms with van der Waals surface area (Å²) in [5.41, 5.74) is -1.87. The maximum absolute atomic E-state index is 13.5. The van der Waals surface area contributed by atoms with Crippen molar-refractivity contribution in [3.05, 3.63) is 53.1 Å². The standard InChI is InChI=1S/C21H15F3N2O4/c1-10-4-6-14(15(8-10)21(22,23)24)13-7-5-12(9-11(13)2)26-18(29)20(19(26)30)16(27)25(3)17(20)28/h4-9H,1-3H3. The van der Waals surface area contributed by atoms with Crippen LogP contribution in [0, 0.1) is 19.3 Å². The molecule has 0 aliphatic carbocycles. The second kappa shape index (κ2) is 6.01. The molecule has 2 saturated heterocycles. The summed E-state index contributed by atoms with van der Waals surface area (Å²) in [5, 5.41) is 0. The molecule has 154 valence electrons. The predicted molar refractivity (Wildman–Crippen MR) is 99.1 cm³/mol. The van der Waals surface area contributed by atoms with Gasteiger partial charge >= 0.3 is 6.18 Å². The van der Waals surface area contributed by atoms with Gasteiger partial charge in [0.2, 0.25) is 0 Å². The van der Waals surface area contributed by atoms with Crippen molar-refractivity contribution in [2.45, 2.75) is 20.0 Å². The molecule has 0 saturated carbocycles. The summed E-state index contributed by atoms with van der Waals surface area (Å²) in [5.74, 6) is -3.64. The molecule has 0 unspecified atom stereocenters. The average Bonchev–Trinajstić information content (AvgIpc) is 2.68. The molecule has 1 spiro atoms. The van der Waals surface area contributed by atoms with Crippen molar-refractivity contribution >= 4 is 29.3 Å². The molecule has 6 nitrogen and oxygen atoms in total. The largest absolute Gasteiger partial charge is 0.417 e. The van der Waals surface area contributed by atoms with Crippen molar-refractivity contribution in [2.75, 3.05) is 11.9 Å². The first-order chi connectivity index (χ1) is 13.9. The van der Waals surface area contributed by atoms with E-state index in [1.165, 1.54) is 31.3 Å². The Labute approximate surface area is 168 Å². The summed E-state index contributed by atoms with van der Waals surface area (Å²) in [6, 6.07) is 8.08. The number of β-lactam (4-membered cyclic amide) rings is 4. The third kappa shape index (κ3) is 2.31. The quantitative estimate of drug-likeness (QED) is 0.558. The maximum atomic E-state index is 13.5. The van der Waals surface area contributed by atoms with Gasteiger partial charge in [-0.25, -0.2) is 4.90 Å². The zero-order valence-corrected chi connectivity index (χ0v) is 16.1. The normalized spacial score (nSPS) is 18.1. The highest BCUT2D eigenvalue weighted by atomic mass is 19.4. The van der Waals surface area contributed by atoms with Gasteiger partial charge in [-0.3, -0.25) is 24.1 Å². The Kier molecular flexibility index (Phi) is 3.97. The molecule has 2 aliphatic heterocycles. The number of carbonyl (C=O) groups is 4. The first kappa shape index (κ1) is 19.8. The molecular weight excluding hydrogens is 401 g/mol. The summed E-state index contributed by atoms with van der Waals surface area (Å²) in [4.78, 5) is 50.4. The molecule has 0 bridgehead atoms. The minimum Gasteiger partial charge on any atom is -0.282 e. The fourth-order valence-corrected chi connectivity index (χ4v) is 3.92. The first-order valence-corrected chi connectivity index (χ1v) is 8.92. The van der Waals surface area contributed by atoms with E-state index >= 15 is 0 Å². The molecule has 2 aromatic carbocycles. The van der Waals surface area contributed by atoms with Gasteiger partial charge in [-0.05, 0) is 48.7 Å². The van der Waals surface area contributed by atoms with E-state index < -0.39 is 40.8 Å². The molecule has 4 amide bonds. The average molecular weight is 416 g/mol. The molecule has 0 aromatic heterocycles. The molecule has 0 N–H and O–H groups in total. The number of aryl methyl sites for hydroxylation is 2. The van der Waals surface area contributed by atoms with E-state index in [2.05, 4.69) is 0 Å². The van der Waals surface area contributed by atoms with E-state index in [0.717, 1.165) is 6.07 Å². The number of carbonyl (C=O) groups excluding carboxylic acids is 4. The van der Waals surface area contributed by atoms with E-state index in [9.17, 15) is 32.3 Å². The maximum Gasteiger partial charge on any atom is 0.417 e. The van der Waals surface area contributed by atoms with E-state index in [0.29, 0.717) is 20.9 Å². The predicted octanol–water partition coefficient (Wildman–Crippen LogP) is 2.85. The summed E-state index contributed by atoms with van der Waals surface area (Å²) in [6.45, 7) is 3.11. The van der Waals surface area contributed by atoms with Gasteiger partial charge in [0.05, 0.1) is 11.3 Å². The number of hydrogen-bond donors (Lipinski definition) is 0. The number of nitrogens with zero attached hydrogens (tertiary/aromatic N) is 2. The number of imide groups is 2. The van der Waals surface area contributed by atoms with Crippen LogP contribution in [0.25, 0.3) is 11.1 Å². The minimum atomic E-state index is -4.56. The summed E-state index contributed by atoms with van der Waals surface area (Å²) < 4.78 is 40.5. The lowest BCUT2D eigenvalue weighted by atomic mass is 9.69. The fraction of sp³-hybridized carbons (Fsp3) is 0.238. The van der Waals surface area contributed by atoms with Crippen LogP contribution in [-0.2, 0) is 25.4 Å². The van der Waals surface area contributed by atoms with Gasteiger partial charge in [0.25, 0.3) is 29.0 Å². The lowest BCUT2D eigenvalue weighted by Crippen LogP contribution is -2.83. The molecular formula is C21H15F3N2O4. The van der Waals surface area contributed by atoms with E-state index in [1.54, 1.807) is 19.9 Å². The molecule has 0 atom stereocenters. The lowest BCUT2D eigenvalue weighted by Gasteiger charge is -2.51. The molecule has 9 heteroatoms. The number of rotatable bonds is 2. The summed E-state index contributed by atoms with van der Waals surface area (Å²) in [7, 11) is 1.18. The highest BCUT2D eigenvalue weighted by Crippen LogP contribution is 2.47. The van der Waals surface area contributed by atoms with E-state index in [1.807, 2.05) is 0 Å². The second-order valence-electron chi connectivity index (χ2n) is 7.41. The zero-order valence-electron chi connectivity index (χ0n) is 16.1. The minimum absolute atomic E-state index is 0.0270. The van der Waals surface area contributed by atoms with Crippen LogP contribution in [0.2, 0.25) is 0 Å². The molecule has 2 heterocycles. The van der Waals surface area contributed by atoms with Gasteiger partial charge in [-0.1, -0.05) is 23.8 Å². The molecule has 2 aromatic rings. The number of hydrogen-bond acceptors (Lipinski definition) is 4. The van der Waals surface area contributed by atoms with Crippen LogP contribution < -0.4 is 4.90 Å². The third-order valence-electron chi connectivity index (χ3n) is 5.54. The Hall–Kier alpha value is -3.49. The van der Waals surface area contributed by atoms with E-state index in [4.69, 9.17) is 0 Å². The number of alkyl halides is 3. The molecule has 4 rings (SSSR count). The number of anilines is 1. The molecule has 0 radical (unpaired) electrons. The van der Waals surface area contributed by atoms with Crippen molar-refractivity contribution in [3.8, 4) is 11.1 Å². The van der Waals surface area contributed by atoms with Gasteiger partial charge in [-0.2, -0.15) is 13.2 Å². The fourth-order valence-electron chi connectivity index (χ4n) is 3.92. The van der Waals surface area contributed by atoms with Crippen LogP contribution in [-0.4, -0.2) is 35.6 Å². The van der Waals surface area contributed by atoms with Crippen molar-refractivity contribution in [3.63, 3.8) is 0 Å². The van der Waals surface area contributed by atoms with Gasteiger partial charge in [0.1, 0.15) is 0 Å². The lowest BCUT2D eigenvalue weighted by molar-refractivity contribution is -0.184. The van der Waals surface area contributed by atoms with Crippen molar-refractivity contribution in [1.82, 2.24) is 4.90 Å². The van der Waals surface area contributed by atoms with Crippen LogP contribution in [0.5, 0.6) is 0 Å². The Morgan fingerprint density at radius 2 is 1.37 bits per heavy atom. The van der Waals surface area contributed by atoms with Crippen LogP contribution in [0.1, 0.15) is 16.7 Å². The topological polar surface area (TPSA) is 74.8 Å². The summed E-state index contributed by atoms with van der Waals surface area (Å²) in [6.07, 6.45) is -4.56. The van der Waals surface area contributed by atoms with Crippen LogP contribution >= 0.6 is 0 Å². The number of halogens is 3. The van der Waals surface area contributed by atoms with Crippen LogP contribution in [0.3, 0.4) is 0 Å². The van der Waals surface area contributed by atoms with Crippen molar-refractivity contribution in [2.24, 2.45) is 5.41 Å². The monoisotopic (exact) mass is 416 g/mol. The Balaban J connectivity index is 1.72.